The van der Waals surface area contributed by atoms with Crippen molar-refractivity contribution in [2.75, 3.05) is 6.54 Å². The Bertz CT molecular complexity index is 400. The maximum Gasteiger partial charge on any atom is 0.165 e. The molecule has 0 atom stereocenters. The van der Waals surface area contributed by atoms with Crippen molar-refractivity contribution in [3.05, 3.63) is 34.9 Å². The van der Waals surface area contributed by atoms with Gasteiger partial charge in [-0.05, 0) is 31.2 Å². The van der Waals surface area contributed by atoms with E-state index in [0.29, 0.717) is 0 Å². The second kappa shape index (κ2) is 3.73. The van der Waals surface area contributed by atoms with Crippen molar-refractivity contribution < 1.29 is 17.6 Å². The van der Waals surface area contributed by atoms with Crippen LogP contribution in [0.4, 0.5) is 17.6 Å². The van der Waals surface area contributed by atoms with Crippen LogP contribution in [0.25, 0.3) is 0 Å². The Kier molecular flexibility index (Phi) is 2.66. The summed E-state index contributed by atoms with van der Waals surface area (Å²) in [6, 6.07) is 0.218. The molecule has 0 aliphatic heterocycles. The quantitative estimate of drug-likeness (QED) is 0.630. The molecule has 16 heavy (non-hydrogen) atoms. The van der Waals surface area contributed by atoms with Gasteiger partial charge in [-0.1, -0.05) is 0 Å². The van der Waals surface area contributed by atoms with E-state index in [1.54, 1.807) is 0 Å². The Morgan fingerprint density at radius 1 is 1.06 bits per heavy atom. The molecule has 0 unspecified atom stereocenters. The van der Waals surface area contributed by atoms with Crippen LogP contribution in [0.3, 0.4) is 0 Å². The topological polar surface area (TPSA) is 26.0 Å². The first-order chi connectivity index (χ1) is 7.49. The molecule has 0 amide bonds. The summed E-state index contributed by atoms with van der Waals surface area (Å²) >= 11 is 0. The highest BCUT2D eigenvalue weighted by atomic mass is 19.2. The summed E-state index contributed by atoms with van der Waals surface area (Å²) in [7, 11) is 0. The summed E-state index contributed by atoms with van der Waals surface area (Å²) in [4.78, 5) is 0. The van der Waals surface area contributed by atoms with E-state index in [-0.39, 0.29) is 24.4 Å². The second-order valence-electron chi connectivity index (χ2n) is 4.33. The Balaban J connectivity index is 2.39. The fourth-order valence-corrected chi connectivity index (χ4v) is 1.78. The van der Waals surface area contributed by atoms with E-state index in [9.17, 15) is 17.6 Å². The van der Waals surface area contributed by atoms with Gasteiger partial charge in [0, 0.05) is 11.6 Å². The molecule has 5 heteroatoms. The monoisotopic (exact) mass is 233 g/mol. The van der Waals surface area contributed by atoms with E-state index in [0.717, 1.165) is 12.8 Å². The normalized spacial score (nSPS) is 17.6. The molecule has 0 heterocycles. The van der Waals surface area contributed by atoms with Crippen LogP contribution in [0.1, 0.15) is 18.4 Å². The van der Waals surface area contributed by atoms with E-state index in [1.807, 2.05) is 0 Å². The lowest BCUT2D eigenvalue weighted by molar-refractivity contribution is 0.415. The average Bonchev–Trinajstić information content (AvgIpc) is 3.02. The SMILES string of the molecule is NCC1(Cc2c(F)c(F)cc(F)c2F)CC1. The Labute approximate surface area is 90.3 Å². The standard InChI is InChI=1S/C11H11F4N/c12-7-3-8(13)10(15)6(9(7)14)4-11(5-16)1-2-11/h3H,1-2,4-5,16H2. The molecule has 1 aliphatic rings. The summed E-state index contributed by atoms with van der Waals surface area (Å²) in [6.45, 7) is 0.268. The predicted octanol–water partition coefficient (Wildman–Crippen LogP) is 2.52. The summed E-state index contributed by atoms with van der Waals surface area (Å²) in [5.41, 5.74) is 4.56. The molecular weight excluding hydrogens is 222 g/mol. The van der Waals surface area contributed by atoms with Crippen LogP contribution in [0.15, 0.2) is 6.07 Å². The van der Waals surface area contributed by atoms with Crippen molar-refractivity contribution in [3.8, 4) is 0 Å². The van der Waals surface area contributed by atoms with Crippen LogP contribution in [0.2, 0.25) is 0 Å². The van der Waals surface area contributed by atoms with E-state index in [4.69, 9.17) is 5.73 Å². The van der Waals surface area contributed by atoms with Crippen LogP contribution < -0.4 is 5.73 Å². The zero-order valence-electron chi connectivity index (χ0n) is 8.49. The van der Waals surface area contributed by atoms with Gasteiger partial charge in [-0.25, -0.2) is 17.6 Å². The van der Waals surface area contributed by atoms with Gasteiger partial charge < -0.3 is 5.73 Å². The number of nitrogens with two attached hydrogens (primary N) is 1. The highest BCUT2D eigenvalue weighted by Crippen LogP contribution is 2.48. The van der Waals surface area contributed by atoms with Gasteiger partial charge in [0.15, 0.2) is 23.3 Å². The summed E-state index contributed by atoms with van der Waals surface area (Å²) in [5.74, 6) is -5.33. The first-order valence-corrected chi connectivity index (χ1v) is 5.01. The molecule has 1 aliphatic carbocycles. The highest BCUT2D eigenvalue weighted by molar-refractivity contribution is 5.25. The minimum Gasteiger partial charge on any atom is -0.330 e. The molecule has 0 radical (unpaired) electrons. The van der Waals surface area contributed by atoms with Gasteiger partial charge >= 0.3 is 0 Å². The summed E-state index contributed by atoms with van der Waals surface area (Å²) in [5, 5.41) is 0. The minimum atomic E-state index is -1.36. The Morgan fingerprint density at radius 2 is 1.56 bits per heavy atom. The fraction of sp³-hybridized carbons (Fsp3) is 0.455. The number of halogens is 4. The Hall–Kier alpha value is -1.10. The lowest BCUT2D eigenvalue weighted by Gasteiger charge is -2.14. The molecule has 1 fully saturated rings. The maximum atomic E-state index is 13.3. The predicted molar refractivity (Wildman–Crippen MR) is 50.7 cm³/mol. The molecule has 1 aromatic carbocycles. The summed E-state index contributed by atoms with van der Waals surface area (Å²) in [6.07, 6.45) is 1.43. The van der Waals surface area contributed by atoms with Crippen LogP contribution in [0.5, 0.6) is 0 Å². The van der Waals surface area contributed by atoms with Gasteiger partial charge in [0.2, 0.25) is 0 Å². The molecule has 0 aromatic heterocycles. The first-order valence-electron chi connectivity index (χ1n) is 5.01. The number of benzene rings is 1. The van der Waals surface area contributed by atoms with Crippen molar-refractivity contribution in [3.63, 3.8) is 0 Å². The van der Waals surface area contributed by atoms with Crippen molar-refractivity contribution in [1.29, 1.82) is 0 Å². The van der Waals surface area contributed by atoms with Crippen molar-refractivity contribution in [2.45, 2.75) is 19.3 Å². The number of hydrogen-bond acceptors (Lipinski definition) is 1. The third kappa shape index (κ3) is 1.80. The van der Waals surface area contributed by atoms with Crippen LogP contribution in [-0.2, 0) is 6.42 Å². The van der Waals surface area contributed by atoms with Crippen LogP contribution in [-0.4, -0.2) is 6.54 Å². The molecule has 0 spiro atoms. The Morgan fingerprint density at radius 3 is 1.94 bits per heavy atom. The second-order valence-corrected chi connectivity index (χ2v) is 4.33. The van der Waals surface area contributed by atoms with Crippen molar-refractivity contribution >= 4 is 0 Å². The molecule has 1 saturated carbocycles. The molecular formula is C11H11F4N. The van der Waals surface area contributed by atoms with Crippen molar-refractivity contribution in [2.24, 2.45) is 11.1 Å². The number of rotatable bonds is 3. The highest BCUT2D eigenvalue weighted by Gasteiger charge is 2.42. The zero-order valence-corrected chi connectivity index (χ0v) is 8.49. The third-order valence-electron chi connectivity index (χ3n) is 3.14. The molecule has 0 bridgehead atoms. The van der Waals surface area contributed by atoms with Gasteiger partial charge in [-0.15, -0.1) is 0 Å². The summed E-state index contributed by atoms with van der Waals surface area (Å²) < 4.78 is 52.4. The largest absolute Gasteiger partial charge is 0.330 e. The molecule has 88 valence electrons. The van der Waals surface area contributed by atoms with Gasteiger partial charge in [0.25, 0.3) is 0 Å². The zero-order chi connectivity index (χ0) is 11.9. The van der Waals surface area contributed by atoms with E-state index >= 15 is 0 Å². The van der Waals surface area contributed by atoms with Gasteiger partial charge in [0.05, 0.1) is 0 Å². The molecule has 0 saturated heterocycles. The molecule has 1 aromatic rings. The van der Waals surface area contributed by atoms with Gasteiger partial charge in [-0.3, -0.25) is 0 Å². The number of hydrogen-bond donors (Lipinski definition) is 1. The van der Waals surface area contributed by atoms with Crippen LogP contribution in [0, 0.1) is 28.7 Å². The lowest BCUT2D eigenvalue weighted by atomic mass is 9.95. The molecule has 2 N–H and O–H groups in total. The van der Waals surface area contributed by atoms with E-state index in [1.165, 1.54) is 0 Å². The third-order valence-corrected chi connectivity index (χ3v) is 3.14. The fourth-order valence-electron chi connectivity index (χ4n) is 1.78. The first kappa shape index (κ1) is 11.4. The van der Waals surface area contributed by atoms with Crippen molar-refractivity contribution in [1.82, 2.24) is 0 Å². The maximum absolute atomic E-state index is 13.3. The minimum absolute atomic E-state index is 0.0458. The van der Waals surface area contributed by atoms with E-state index < -0.39 is 28.8 Å². The van der Waals surface area contributed by atoms with Gasteiger partial charge in [-0.2, -0.15) is 0 Å². The lowest BCUT2D eigenvalue weighted by Crippen LogP contribution is -2.20. The smallest absolute Gasteiger partial charge is 0.165 e. The van der Waals surface area contributed by atoms with Crippen LogP contribution >= 0.6 is 0 Å². The average molecular weight is 233 g/mol. The molecule has 1 nitrogen and oxygen atoms in total. The van der Waals surface area contributed by atoms with Gasteiger partial charge in [0.1, 0.15) is 0 Å². The van der Waals surface area contributed by atoms with E-state index in [2.05, 4.69) is 0 Å². The molecule has 2 rings (SSSR count).